The SMILES string of the molecule is COc1cc(Br)cc(NC(C)c2c(F)cccc2F)c1. The molecule has 1 N–H and O–H groups in total. The summed E-state index contributed by atoms with van der Waals surface area (Å²) in [6, 6.07) is 8.73. The van der Waals surface area contributed by atoms with Crippen molar-refractivity contribution in [2.45, 2.75) is 13.0 Å². The van der Waals surface area contributed by atoms with E-state index in [0.29, 0.717) is 11.4 Å². The maximum Gasteiger partial charge on any atom is 0.131 e. The van der Waals surface area contributed by atoms with Gasteiger partial charge in [0.2, 0.25) is 0 Å². The second-order valence-corrected chi connectivity index (χ2v) is 5.30. The maximum atomic E-state index is 13.7. The van der Waals surface area contributed by atoms with Crippen LogP contribution in [0.1, 0.15) is 18.5 Å². The largest absolute Gasteiger partial charge is 0.497 e. The highest BCUT2D eigenvalue weighted by Gasteiger charge is 2.16. The summed E-state index contributed by atoms with van der Waals surface area (Å²) < 4.78 is 33.4. The molecule has 0 aliphatic rings. The normalized spacial score (nSPS) is 12.1. The molecular formula is C15H14BrF2NO. The Hall–Kier alpha value is -1.62. The van der Waals surface area contributed by atoms with Crippen LogP contribution >= 0.6 is 15.9 Å². The first-order valence-corrected chi connectivity index (χ1v) is 6.85. The third-order valence-corrected chi connectivity index (χ3v) is 3.38. The number of ether oxygens (including phenoxy) is 1. The van der Waals surface area contributed by atoms with E-state index in [1.165, 1.54) is 18.2 Å². The van der Waals surface area contributed by atoms with Crippen molar-refractivity contribution in [3.63, 3.8) is 0 Å². The second kappa shape index (κ2) is 6.22. The van der Waals surface area contributed by atoms with E-state index in [2.05, 4.69) is 21.2 Å². The summed E-state index contributed by atoms with van der Waals surface area (Å²) in [6.07, 6.45) is 0. The average molecular weight is 342 g/mol. The lowest BCUT2D eigenvalue weighted by molar-refractivity contribution is 0.414. The van der Waals surface area contributed by atoms with E-state index in [4.69, 9.17) is 4.74 Å². The lowest BCUT2D eigenvalue weighted by Crippen LogP contribution is -2.11. The lowest BCUT2D eigenvalue weighted by Gasteiger charge is -2.18. The lowest BCUT2D eigenvalue weighted by atomic mass is 10.1. The van der Waals surface area contributed by atoms with Crippen LogP contribution in [0.3, 0.4) is 0 Å². The molecule has 0 saturated carbocycles. The van der Waals surface area contributed by atoms with Gasteiger partial charge in [-0.05, 0) is 31.2 Å². The highest BCUT2D eigenvalue weighted by atomic mass is 79.9. The Bertz CT molecular complexity index is 599. The monoisotopic (exact) mass is 341 g/mol. The summed E-state index contributed by atoms with van der Waals surface area (Å²) in [4.78, 5) is 0. The smallest absolute Gasteiger partial charge is 0.131 e. The van der Waals surface area contributed by atoms with Gasteiger partial charge in [0.1, 0.15) is 17.4 Å². The number of anilines is 1. The van der Waals surface area contributed by atoms with Crippen molar-refractivity contribution in [2.75, 3.05) is 12.4 Å². The van der Waals surface area contributed by atoms with Gasteiger partial charge in [-0.25, -0.2) is 8.78 Å². The van der Waals surface area contributed by atoms with Crippen molar-refractivity contribution in [1.82, 2.24) is 0 Å². The molecule has 2 nitrogen and oxygen atoms in total. The molecule has 0 heterocycles. The van der Waals surface area contributed by atoms with Crippen LogP contribution in [-0.4, -0.2) is 7.11 Å². The molecule has 0 amide bonds. The summed E-state index contributed by atoms with van der Waals surface area (Å²) in [7, 11) is 1.56. The zero-order valence-corrected chi connectivity index (χ0v) is 12.7. The summed E-state index contributed by atoms with van der Waals surface area (Å²) in [5.41, 5.74) is 0.734. The first-order chi connectivity index (χ1) is 9.51. The van der Waals surface area contributed by atoms with E-state index >= 15 is 0 Å². The first-order valence-electron chi connectivity index (χ1n) is 6.06. The van der Waals surface area contributed by atoms with Crippen molar-refractivity contribution in [1.29, 1.82) is 0 Å². The third kappa shape index (κ3) is 3.28. The van der Waals surface area contributed by atoms with E-state index in [1.54, 1.807) is 26.2 Å². The maximum absolute atomic E-state index is 13.7. The average Bonchev–Trinajstić information content (AvgIpc) is 2.37. The fraction of sp³-hybridized carbons (Fsp3) is 0.200. The molecule has 0 bridgehead atoms. The highest BCUT2D eigenvalue weighted by Crippen LogP contribution is 2.29. The topological polar surface area (TPSA) is 21.3 Å². The van der Waals surface area contributed by atoms with Gasteiger partial charge in [-0.2, -0.15) is 0 Å². The van der Waals surface area contributed by atoms with Crippen molar-refractivity contribution in [3.8, 4) is 5.75 Å². The van der Waals surface area contributed by atoms with Gasteiger partial charge < -0.3 is 10.1 Å². The molecule has 0 saturated heterocycles. The minimum atomic E-state index is -0.563. The van der Waals surface area contributed by atoms with Crippen LogP contribution in [0.25, 0.3) is 0 Å². The number of hydrogen-bond acceptors (Lipinski definition) is 2. The Morgan fingerprint density at radius 2 is 1.80 bits per heavy atom. The molecule has 0 aliphatic carbocycles. The first kappa shape index (κ1) is 14.8. The summed E-state index contributed by atoms with van der Waals surface area (Å²) in [5, 5.41) is 3.07. The molecule has 1 unspecified atom stereocenters. The number of halogens is 3. The fourth-order valence-electron chi connectivity index (χ4n) is 2.01. The molecular weight excluding hydrogens is 328 g/mol. The van der Waals surface area contributed by atoms with Crippen LogP contribution in [0.5, 0.6) is 5.75 Å². The van der Waals surface area contributed by atoms with Crippen LogP contribution in [0.15, 0.2) is 40.9 Å². The molecule has 2 aromatic carbocycles. The van der Waals surface area contributed by atoms with Gasteiger partial charge in [-0.1, -0.05) is 22.0 Å². The molecule has 2 rings (SSSR count). The van der Waals surface area contributed by atoms with Crippen molar-refractivity contribution in [3.05, 3.63) is 58.1 Å². The zero-order valence-electron chi connectivity index (χ0n) is 11.1. The standard InChI is InChI=1S/C15H14BrF2NO/c1-9(15-13(17)4-3-5-14(15)18)19-11-6-10(16)7-12(8-11)20-2/h3-9,19H,1-2H3. The van der Waals surface area contributed by atoms with E-state index in [-0.39, 0.29) is 5.56 Å². The van der Waals surface area contributed by atoms with Crippen LogP contribution in [0, 0.1) is 11.6 Å². The summed E-state index contributed by atoms with van der Waals surface area (Å²) in [5.74, 6) is -0.470. The summed E-state index contributed by atoms with van der Waals surface area (Å²) in [6.45, 7) is 1.70. The molecule has 0 fully saturated rings. The Labute approximate surface area is 124 Å². The van der Waals surface area contributed by atoms with E-state index in [0.717, 1.165) is 4.47 Å². The van der Waals surface area contributed by atoms with Gasteiger partial charge in [-0.3, -0.25) is 0 Å². The van der Waals surface area contributed by atoms with Crippen molar-refractivity contribution < 1.29 is 13.5 Å². The minimum Gasteiger partial charge on any atom is -0.497 e. The van der Waals surface area contributed by atoms with Crippen molar-refractivity contribution >= 4 is 21.6 Å². The molecule has 20 heavy (non-hydrogen) atoms. The van der Waals surface area contributed by atoms with Gasteiger partial charge in [-0.15, -0.1) is 0 Å². The predicted octanol–water partition coefficient (Wildman–Crippen LogP) is 4.91. The van der Waals surface area contributed by atoms with E-state index in [9.17, 15) is 8.78 Å². The van der Waals surface area contributed by atoms with Crippen LogP contribution < -0.4 is 10.1 Å². The van der Waals surface area contributed by atoms with Crippen LogP contribution in [0.2, 0.25) is 0 Å². The van der Waals surface area contributed by atoms with Crippen LogP contribution in [-0.2, 0) is 0 Å². The predicted molar refractivity (Wildman–Crippen MR) is 79.1 cm³/mol. The second-order valence-electron chi connectivity index (χ2n) is 4.38. The van der Waals surface area contributed by atoms with E-state index in [1.807, 2.05) is 6.07 Å². The van der Waals surface area contributed by atoms with Crippen molar-refractivity contribution in [2.24, 2.45) is 0 Å². The van der Waals surface area contributed by atoms with E-state index < -0.39 is 17.7 Å². The molecule has 5 heteroatoms. The minimum absolute atomic E-state index is 0.0199. The van der Waals surface area contributed by atoms with Gasteiger partial charge in [0, 0.05) is 21.8 Å². The molecule has 1 atom stereocenters. The van der Waals surface area contributed by atoms with Gasteiger partial charge in [0.25, 0.3) is 0 Å². The third-order valence-electron chi connectivity index (χ3n) is 2.92. The summed E-state index contributed by atoms with van der Waals surface area (Å²) >= 11 is 3.36. The van der Waals surface area contributed by atoms with Crippen LogP contribution in [0.4, 0.5) is 14.5 Å². The van der Waals surface area contributed by atoms with Gasteiger partial charge in [0.15, 0.2) is 0 Å². The molecule has 2 aromatic rings. The Morgan fingerprint density at radius 3 is 2.40 bits per heavy atom. The van der Waals surface area contributed by atoms with Gasteiger partial charge >= 0.3 is 0 Å². The molecule has 0 aromatic heterocycles. The Balaban J connectivity index is 2.28. The number of nitrogens with one attached hydrogen (secondary N) is 1. The number of hydrogen-bond donors (Lipinski definition) is 1. The quantitative estimate of drug-likeness (QED) is 0.853. The highest BCUT2D eigenvalue weighted by molar-refractivity contribution is 9.10. The zero-order chi connectivity index (χ0) is 14.7. The number of rotatable bonds is 4. The Morgan fingerprint density at radius 1 is 1.15 bits per heavy atom. The Kier molecular flexibility index (Phi) is 4.60. The molecule has 0 radical (unpaired) electrons. The van der Waals surface area contributed by atoms with Gasteiger partial charge in [0.05, 0.1) is 13.2 Å². The molecule has 0 spiro atoms. The fourth-order valence-corrected chi connectivity index (χ4v) is 2.48. The number of benzene rings is 2. The molecule has 0 aliphatic heterocycles. The number of methoxy groups -OCH3 is 1. The molecule has 106 valence electrons.